The number of carboxylic acid groups (broad SMARTS) is 1. The number of aliphatic hydroxyl groups excluding tert-OH is 2. The maximum atomic E-state index is 11.4. The van der Waals surface area contributed by atoms with Gasteiger partial charge in [-0.3, -0.25) is 4.79 Å². The van der Waals surface area contributed by atoms with E-state index in [1.807, 2.05) is 13.8 Å². The minimum atomic E-state index is -0.912. The van der Waals surface area contributed by atoms with Gasteiger partial charge in [0, 0.05) is 5.92 Å². The zero-order valence-corrected chi connectivity index (χ0v) is 19.0. The van der Waals surface area contributed by atoms with Crippen LogP contribution in [0.5, 0.6) is 0 Å². The van der Waals surface area contributed by atoms with E-state index in [4.69, 9.17) is 5.11 Å². The quantitative estimate of drug-likeness (QED) is 0.269. The van der Waals surface area contributed by atoms with Gasteiger partial charge < -0.3 is 20.4 Å². The van der Waals surface area contributed by atoms with Crippen molar-refractivity contribution >= 4 is 5.97 Å². The second kappa shape index (κ2) is 13.6. The fraction of sp³-hybridized carbons (Fsp3) is 0.958. The van der Waals surface area contributed by atoms with Crippen LogP contribution in [0.4, 0.5) is 0 Å². The monoisotopic (exact) mass is 414 g/mol. The summed E-state index contributed by atoms with van der Waals surface area (Å²) in [5.41, 5.74) is -0.912. The highest BCUT2D eigenvalue weighted by Crippen LogP contribution is 2.45. The van der Waals surface area contributed by atoms with E-state index in [0.717, 1.165) is 38.5 Å². The maximum Gasteiger partial charge on any atom is 0.306 e. The fourth-order valence-electron chi connectivity index (χ4n) is 5.29. The van der Waals surface area contributed by atoms with Gasteiger partial charge in [0.2, 0.25) is 0 Å². The van der Waals surface area contributed by atoms with Gasteiger partial charge in [0.25, 0.3) is 0 Å². The SMILES string of the molecule is CCCCCCCC(O)(CC)C1C(O)CC(O)C1CCCCCC(CC)C(=O)O. The van der Waals surface area contributed by atoms with Gasteiger partial charge in [0.1, 0.15) is 0 Å². The predicted molar refractivity (Wildman–Crippen MR) is 117 cm³/mol. The molecule has 29 heavy (non-hydrogen) atoms. The van der Waals surface area contributed by atoms with Crippen LogP contribution >= 0.6 is 0 Å². The number of carbonyl (C=O) groups is 1. The minimum absolute atomic E-state index is 0.0768. The van der Waals surface area contributed by atoms with Gasteiger partial charge in [-0.15, -0.1) is 0 Å². The molecule has 6 unspecified atom stereocenters. The topological polar surface area (TPSA) is 98.0 Å². The molecule has 0 aromatic rings. The smallest absolute Gasteiger partial charge is 0.306 e. The van der Waals surface area contributed by atoms with Crippen LogP contribution < -0.4 is 0 Å². The molecular weight excluding hydrogens is 368 g/mol. The van der Waals surface area contributed by atoms with Crippen molar-refractivity contribution in [3.8, 4) is 0 Å². The predicted octanol–water partition coefficient (Wildman–Crippen LogP) is 4.91. The Kier molecular flexibility index (Phi) is 12.4. The number of unbranched alkanes of at least 4 members (excludes halogenated alkanes) is 6. The van der Waals surface area contributed by atoms with Crippen molar-refractivity contribution in [2.45, 2.75) is 128 Å². The van der Waals surface area contributed by atoms with Crippen molar-refractivity contribution in [3.63, 3.8) is 0 Å². The molecule has 1 aliphatic carbocycles. The third-order valence-corrected chi connectivity index (χ3v) is 7.23. The van der Waals surface area contributed by atoms with Gasteiger partial charge in [-0.25, -0.2) is 0 Å². The molecule has 0 radical (unpaired) electrons. The number of aliphatic hydroxyl groups is 3. The molecule has 4 N–H and O–H groups in total. The number of hydrogen-bond acceptors (Lipinski definition) is 4. The summed E-state index contributed by atoms with van der Waals surface area (Å²) in [4.78, 5) is 11.1. The second-order valence-electron chi connectivity index (χ2n) is 9.26. The van der Waals surface area contributed by atoms with Gasteiger partial charge in [-0.1, -0.05) is 72.1 Å². The highest BCUT2D eigenvalue weighted by molar-refractivity contribution is 5.69. The molecule has 0 saturated heterocycles. The van der Waals surface area contributed by atoms with Gasteiger partial charge in [0.05, 0.1) is 23.7 Å². The molecule has 1 rings (SSSR count). The summed E-state index contributed by atoms with van der Waals surface area (Å²) in [6, 6.07) is 0. The lowest BCUT2D eigenvalue weighted by Gasteiger charge is -2.39. The Morgan fingerprint density at radius 2 is 1.62 bits per heavy atom. The molecule has 0 heterocycles. The Morgan fingerprint density at radius 1 is 0.966 bits per heavy atom. The Hall–Kier alpha value is -0.650. The van der Waals surface area contributed by atoms with E-state index in [9.17, 15) is 20.1 Å². The Balaban J connectivity index is 2.56. The Bertz CT molecular complexity index is 455. The normalized spacial score (nSPS) is 27.7. The molecular formula is C24H46O5. The van der Waals surface area contributed by atoms with Gasteiger partial charge in [-0.2, -0.15) is 0 Å². The number of aliphatic carboxylic acids is 1. The highest BCUT2D eigenvalue weighted by Gasteiger charge is 2.50. The molecule has 6 atom stereocenters. The molecule has 1 aliphatic rings. The molecule has 1 fully saturated rings. The van der Waals surface area contributed by atoms with Crippen LogP contribution in [-0.4, -0.2) is 44.2 Å². The summed E-state index contributed by atoms with van der Waals surface area (Å²) < 4.78 is 0. The van der Waals surface area contributed by atoms with Crippen LogP contribution in [-0.2, 0) is 4.79 Å². The van der Waals surface area contributed by atoms with E-state index in [0.29, 0.717) is 32.1 Å². The highest BCUT2D eigenvalue weighted by atomic mass is 16.4. The lowest BCUT2D eigenvalue weighted by Crippen LogP contribution is -2.45. The van der Waals surface area contributed by atoms with Crippen LogP contribution in [0, 0.1) is 17.8 Å². The third-order valence-electron chi connectivity index (χ3n) is 7.23. The van der Waals surface area contributed by atoms with Gasteiger partial charge in [-0.05, 0) is 44.4 Å². The second-order valence-corrected chi connectivity index (χ2v) is 9.26. The van der Waals surface area contributed by atoms with Crippen molar-refractivity contribution in [2.24, 2.45) is 17.8 Å². The molecule has 0 bridgehead atoms. The number of hydrogen-bond donors (Lipinski definition) is 4. The van der Waals surface area contributed by atoms with E-state index in [2.05, 4.69) is 6.92 Å². The van der Waals surface area contributed by atoms with Crippen LogP contribution in [0.3, 0.4) is 0 Å². The zero-order valence-electron chi connectivity index (χ0n) is 19.0. The van der Waals surface area contributed by atoms with Crippen LogP contribution in [0.2, 0.25) is 0 Å². The summed E-state index contributed by atoms with van der Waals surface area (Å²) in [7, 11) is 0. The standard InChI is InChI=1S/C24H46O5/c1-4-7-8-9-13-16-24(29,6-3)22-19(20(25)17-21(22)26)15-12-10-11-14-18(5-2)23(27)28/h18-22,25-26,29H,4-17H2,1-3H3,(H,27,28). The van der Waals surface area contributed by atoms with Crippen LogP contribution in [0.1, 0.15) is 111 Å². The lowest BCUT2D eigenvalue weighted by molar-refractivity contribution is -0.142. The first kappa shape index (κ1) is 26.4. The lowest BCUT2D eigenvalue weighted by atomic mass is 9.72. The average molecular weight is 415 g/mol. The molecule has 0 amide bonds. The first-order valence-corrected chi connectivity index (χ1v) is 12.1. The fourth-order valence-corrected chi connectivity index (χ4v) is 5.29. The Morgan fingerprint density at radius 3 is 2.21 bits per heavy atom. The molecule has 0 aromatic heterocycles. The Labute approximate surface area is 177 Å². The molecule has 172 valence electrons. The van der Waals surface area contributed by atoms with Gasteiger partial charge >= 0.3 is 5.97 Å². The maximum absolute atomic E-state index is 11.4. The van der Waals surface area contributed by atoms with E-state index in [-0.39, 0.29) is 17.8 Å². The molecule has 0 aromatic carbocycles. The summed E-state index contributed by atoms with van der Waals surface area (Å²) in [5.74, 6) is -1.32. The molecule has 1 saturated carbocycles. The molecule has 0 spiro atoms. The van der Waals surface area contributed by atoms with Crippen LogP contribution in [0.15, 0.2) is 0 Å². The van der Waals surface area contributed by atoms with E-state index in [1.165, 1.54) is 19.3 Å². The number of rotatable bonds is 16. The van der Waals surface area contributed by atoms with Crippen LogP contribution in [0.25, 0.3) is 0 Å². The summed E-state index contributed by atoms with van der Waals surface area (Å²) >= 11 is 0. The summed E-state index contributed by atoms with van der Waals surface area (Å²) in [5, 5.41) is 41.7. The third kappa shape index (κ3) is 8.18. The van der Waals surface area contributed by atoms with E-state index >= 15 is 0 Å². The zero-order chi connectivity index (χ0) is 21.9. The van der Waals surface area contributed by atoms with E-state index in [1.54, 1.807) is 0 Å². The molecule has 5 nitrogen and oxygen atoms in total. The van der Waals surface area contributed by atoms with Gasteiger partial charge in [0.15, 0.2) is 0 Å². The average Bonchev–Trinajstić information content (AvgIpc) is 2.97. The first-order chi connectivity index (χ1) is 13.8. The first-order valence-electron chi connectivity index (χ1n) is 12.1. The van der Waals surface area contributed by atoms with Crippen molar-refractivity contribution in [3.05, 3.63) is 0 Å². The van der Waals surface area contributed by atoms with Crippen molar-refractivity contribution in [1.29, 1.82) is 0 Å². The van der Waals surface area contributed by atoms with Crippen molar-refractivity contribution in [1.82, 2.24) is 0 Å². The van der Waals surface area contributed by atoms with Crippen molar-refractivity contribution < 1.29 is 25.2 Å². The number of carboxylic acids is 1. The minimum Gasteiger partial charge on any atom is -0.481 e. The van der Waals surface area contributed by atoms with E-state index < -0.39 is 23.8 Å². The molecule has 0 aliphatic heterocycles. The summed E-state index contributed by atoms with van der Waals surface area (Å²) in [6.45, 7) is 6.08. The van der Waals surface area contributed by atoms with Crippen molar-refractivity contribution in [2.75, 3.05) is 0 Å². The summed E-state index contributed by atoms with van der Waals surface area (Å²) in [6.07, 6.45) is 10.9. The largest absolute Gasteiger partial charge is 0.481 e. The molecule has 5 heteroatoms.